The zero-order valence-corrected chi connectivity index (χ0v) is 13.0. The van der Waals surface area contributed by atoms with Crippen LogP contribution in [0.4, 0.5) is 5.82 Å². The van der Waals surface area contributed by atoms with E-state index in [1.165, 1.54) is 6.07 Å². The number of anilines is 1. The van der Waals surface area contributed by atoms with Crippen LogP contribution in [0.5, 0.6) is 0 Å². The molecule has 0 aliphatic heterocycles. The first-order chi connectivity index (χ1) is 10.3. The Morgan fingerprint density at radius 3 is 2.59 bits per heavy atom. The van der Waals surface area contributed by atoms with Gasteiger partial charge in [0.2, 0.25) is 0 Å². The summed E-state index contributed by atoms with van der Waals surface area (Å²) >= 11 is 0. The van der Waals surface area contributed by atoms with Crippen LogP contribution in [-0.2, 0) is 15.4 Å². The number of rotatable bonds is 3. The van der Waals surface area contributed by atoms with Crippen molar-refractivity contribution in [2.24, 2.45) is 0 Å². The standard InChI is InChI=1S/C13H14N4O4S/c1-13(2,3)10-7-11(15-20-10)17-22(18,19)9-6-4-5-8-12(9)16-21-14-8/h4-7H,1-3H3,(H,15,17). The molecule has 0 bridgehead atoms. The maximum atomic E-state index is 12.5. The van der Waals surface area contributed by atoms with E-state index in [0.29, 0.717) is 11.3 Å². The quantitative estimate of drug-likeness (QED) is 0.787. The van der Waals surface area contributed by atoms with Crippen molar-refractivity contribution in [2.75, 3.05) is 4.72 Å². The van der Waals surface area contributed by atoms with E-state index < -0.39 is 10.0 Å². The van der Waals surface area contributed by atoms with E-state index in [1.54, 1.807) is 18.2 Å². The lowest BCUT2D eigenvalue weighted by Gasteiger charge is -2.12. The summed E-state index contributed by atoms with van der Waals surface area (Å²) in [5, 5.41) is 11.0. The van der Waals surface area contributed by atoms with Gasteiger partial charge in [0, 0.05) is 11.5 Å². The van der Waals surface area contributed by atoms with E-state index in [2.05, 4.69) is 24.8 Å². The number of nitrogens with zero attached hydrogens (tertiary/aromatic N) is 3. The summed E-state index contributed by atoms with van der Waals surface area (Å²) in [6.45, 7) is 5.81. The molecule has 1 aromatic carbocycles. The normalized spacial score (nSPS) is 12.7. The van der Waals surface area contributed by atoms with Crippen LogP contribution in [0.3, 0.4) is 0 Å². The molecular formula is C13H14N4O4S. The molecule has 0 unspecified atom stereocenters. The molecule has 8 nitrogen and oxygen atoms in total. The molecule has 0 atom stereocenters. The van der Waals surface area contributed by atoms with Gasteiger partial charge in [-0.05, 0) is 22.4 Å². The Bertz CT molecular complexity index is 921. The predicted molar refractivity (Wildman–Crippen MR) is 77.8 cm³/mol. The second kappa shape index (κ2) is 4.80. The molecule has 116 valence electrons. The summed E-state index contributed by atoms with van der Waals surface area (Å²) in [6, 6.07) is 6.14. The van der Waals surface area contributed by atoms with Gasteiger partial charge in [-0.1, -0.05) is 32.0 Å². The number of nitrogens with one attached hydrogen (secondary N) is 1. The minimum atomic E-state index is -3.88. The minimum absolute atomic E-state index is 0.0356. The summed E-state index contributed by atoms with van der Waals surface area (Å²) in [6.07, 6.45) is 0. The molecule has 0 spiro atoms. The molecular weight excluding hydrogens is 308 g/mol. The largest absolute Gasteiger partial charge is 0.359 e. The summed E-state index contributed by atoms with van der Waals surface area (Å²) in [5.74, 6) is 0.685. The Labute approximate surface area is 126 Å². The van der Waals surface area contributed by atoms with Crippen LogP contribution in [0, 0.1) is 0 Å². The van der Waals surface area contributed by atoms with Gasteiger partial charge in [0.05, 0.1) is 0 Å². The average Bonchev–Trinajstić information content (AvgIpc) is 3.04. The molecule has 0 amide bonds. The number of benzene rings is 1. The number of aromatic nitrogens is 3. The zero-order valence-electron chi connectivity index (χ0n) is 12.2. The molecule has 3 rings (SSSR count). The first-order valence-electron chi connectivity index (χ1n) is 6.49. The van der Waals surface area contributed by atoms with Crippen molar-refractivity contribution in [1.29, 1.82) is 0 Å². The molecule has 2 heterocycles. The molecule has 3 aromatic rings. The first-order valence-corrected chi connectivity index (χ1v) is 7.97. The third-order valence-corrected chi connectivity index (χ3v) is 4.41. The average molecular weight is 322 g/mol. The zero-order chi connectivity index (χ0) is 16.0. The van der Waals surface area contributed by atoms with Gasteiger partial charge in [0.1, 0.15) is 16.2 Å². The smallest absolute Gasteiger partial charge is 0.265 e. The van der Waals surface area contributed by atoms with Crippen molar-refractivity contribution in [3.05, 3.63) is 30.0 Å². The van der Waals surface area contributed by atoms with Crippen molar-refractivity contribution < 1.29 is 17.6 Å². The van der Waals surface area contributed by atoms with E-state index in [-0.39, 0.29) is 21.6 Å². The molecule has 0 saturated heterocycles. The Morgan fingerprint density at radius 1 is 1.14 bits per heavy atom. The monoisotopic (exact) mass is 322 g/mol. The van der Waals surface area contributed by atoms with Crippen LogP contribution < -0.4 is 4.72 Å². The fraction of sp³-hybridized carbons (Fsp3) is 0.308. The van der Waals surface area contributed by atoms with Crippen LogP contribution in [0.2, 0.25) is 0 Å². The highest BCUT2D eigenvalue weighted by Crippen LogP contribution is 2.26. The molecule has 0 fully saturated rings. The molecule has 0 aliphatic carbocycles. The predicted octanol–water partition coefficient (Wildman–Crippen LogP) is 2.31. The van der Waals surface area contributed by atoms with Gasteiger partial charge in [-0.2, -0.15) is 0 Å². The van der Waals surface area contributed by atoms with E-state index in [0.717, 1.165) is 0 Å². The van der Waals surface area contributed by atoms with Crippen molar-refractivity contribution in [3.8, 4) is 0 Å². The van der Waals surface area contributed by atoms with Gasteiger partial charge in [0.15, 0.2) is 11.3 Å². The Balaban J connectivity index is 1.97. The third-order valence-electron chi connectivity index (χ3n) is 3.03. The molecule has 1 N–H and O–H groups in total. The van der Waals surface area contributed by atoms with Gasteiger partial charge in [-0.25, -0.2) is 13.0 Å². The lowest BCUT2D eigenvalue weighted by molar-refractivity contribution is 0.315. The molecule has 0 saturated carbocycles. The number of hydrogen-bond acceptors (Lipinski definition) is 7. The molecule has 0 radical (unpaired) electrons. The maximum absolute atomic E-state index is 12.5. The van der Waals surface area contributed by atoms with Crippen LogP contribution in [0.1, 0.15) is 26.5 Å². The van der Waals surface area contributed by atoms with Crippen LogP contribution >= 0.6 is 0 Å². The molecule has 2 aromatic heterocycles. The Kier molecular flexibility index (Phi) is 3.17. The van der Waals surface area contributed by atoms with Gasteiger partial charge in [-0.3, -0.25) is 4.72 Å². The van der Waals surface area contributed by atoms with Crippen LogP contribution in [0.25, 0.3) is 11.0 Å². The Morgan fingerprint density at radius 2 is 1.91 bits per heavy atom. The highest BCUT2D eigenvalue weighted by atomic mass is 32.2. The number of sulfonamides is 1. The Hall–Kier alpha value is -2.42. The minimum Gasteiger partial charge on any atom is -0.359 e. The van der Waals surface area contributed by atoms with E-state index >= 15 is 0 Å². The summed E-state index contributed by atoms with van der Waals surface area (Å²) in [4.78, 5) is -0.0356. The second-order valence-corrected chi connectivity index (χ2v) is 7.47. The lowest BCUT2D eigenvalue weighted by Crippen LogP contribution is -2.14. The topological polar surface area (TPSA) is 111 Å². The third kappa shape index (κ3) is 2.54. The summed E-state index contributed by atoms with van der Waals surface area (Å²) in [5.41, 5.74) is 0.250. The SMILES string of the molecule is CC(C)(C)c1cc(NS(=O)(=O)c2cccc3nonc23)no1. The highest BCUT2D eigenvalue weighted by Gasteiger charge is 2.24. The van der Waals surface area contributed by atoms with Crippen LogP contribution in [-0.4, -0.2) is 23.9 Å². The van der Waals surface area contributed by atoms with E-state index in [9.17, 15) is 8.42 Å². The van der Waals surface area contributed by atoms with Crippen LogP contribution in [0.15, 0.2) is 38.3 Å². The molecule has 22 heavy (non-hydrogen) atoms. The lowest BCUT2D eigenvalue weighted by atomic mass is 9.93. The fourth-order valence-electron chi connectivity index (χ4n) is 1.87. The highest BCUT2D eigenvalue weighted by molar-refractivity contribution is 7.93. The maximum Gasteiger partial charge on any atom is 0.265 e. The summed E-state index contributed by atoms with van der Waals surface area (Å²) < 4.78 is 37.0. The first kappa shape index (κ1) is 14.5. The van der Waals surface area contributed by atoms with Crippen molar-refractivity contribution in [3.63, 3.8) is 0 Å². The summed E-state index contributed by atoms with van der Waals surface area (Å²) in [7, 11) is -3.88. The second-order valence-electron chi connectivity index (χ2n) is 5.82. The van der Waals surface area contributed by atoms with Crippen molar-refractivity contribution in [2.45, 2.75) is 31.1 Å². The van der Waals surface area contributed by atoms with Crippen molar-refractivity contribution >= 4 is 26.9 Å². The van der Waals surface area contributed by atoms with Gasteiger partial charge >= 0.3 is 0 Å². The number of fused-ring (bicyclic) bond motifs is 1. The molecule has 0 aliphatic rings. The number of hydrogen-bond donors (Lipinski definition) is 1. The van der Waals surface area contributed by atoms with Crippen molar-refractivity contribution in [1.82, 2.24) is 15.5 Å². The van der Waals surface area contributed by atoms with Gasteiger partial charge in [-0.15, -0.1) is 0 Å². The van der Waals surface area contributed by atoms with Gasteiger partial charge in [0.25, 0.3) is 10.0 Å². The van der Waals surface area contributed by atoms with E-state index in [4.69, 9.17) is 4.52 Å². The fourth-order valence-corrected chi connectivity index (χ4v) is 3.00. The van der Waals surface area contributed by atoms with E-state index in [1.807, 2.05) is 20.8 Å². The molecule has 9 heteroatoms. The van der Waals surface area contributed by atoms with Gasteiger partial charge < -0.3 is 4.52 Å².